The molecule has 0 saturated carbocycles. The lowest BCUT2D eigenvalue weighted by molar-refractivity contribution is 1.91. The van der Waals surface area contributed by atoms with Crippen molar-refractivity contribution in [2.24, 2.45) is 0 Å². The normalized spacial score (nSPS) is 14.2. The van der Waals surface area contributed by atoms with Crippen molar-refractivity contribution in [3.05, 3.63) is 0 Å². The Labute approximate surface area is 65.5 Å². The van der Waals surface area contributed by atoms with Crippen molar-refractivity contribution in [3.8, 4) is 0 Å². The first-order valence-electron chi connectivity index (χ1n) is 1.86. The first-order chi connectivity index (χ1) is 3.50. The van der Waals surface area contributed by atoms with Gasteiger partial charge < -0.3 is 0 Å². The molecule has 0 aromatic carbocycles. The van der Waals surface area contributed by atoms with E-state index < -0.39 is 0 Å². The summed E-state index contributed by atoms with van der Waals surface area (Å²) in [5.74, 6) is 0. The fourth-order valence-electron chi connectivity index (χ4n) is 0.0745. The predicted octanol–water partition coefficient (Wildman–Crippen LogP) is 2.88. The van der Waals surface area contributed by atoms with Crippen LogP contribution in [-0.2, 0) is 0 Å². The van der Waals surface area contributed by atoms with E-state index >= 15 is 0 Å². The molecule has 0 aliphatic carbocycles. The Morgan fingerprint density at radius 2 is 1.62 bits per heavy atom. The van der Waals surface area contributed by atoms with E-state index in [-0.39, 0.29) is 7.30 Å². The fraction of sp³-hybridized carbons (Fsp3) is 1.00. The Morgan fingerprint density at radius 1 is 1.25 bits per heavy atom. The molecule has 0 fully saturated rings. The van der Waals surface area contributed by atoms with E-state index in [1.165, 1.54) is 0 Å². The zero-order chi connectivity index (χ0) is 6.78. The molecule has 0 nitrogen and oxygen atoms in total. The van der Waals surface area contributed by atoms with Gasteiger partial charge in [-0.3, -0.25) is 0 Å². The van der Waals surface area contributed by atoms with Gasteiger partial charge >= 0.3 is 0 Å². The van der Waals surface area contributed by atoms with Crippen LogP contribution in [0.5, 0.6) is 0 Å². The van der Waals surface area contributed by atoms with Crippen LogP contribution in [0.3, 0.4) is 0 Å². The lowest BCUT2D eigenvalue weighted by Crippen LogP contribution is -1.86. The van der Waals surface area contributed by atoms with E-state index in [9.17, 15) is 0 Å². The van der Waals surface area contributed by atoms with Crippen LogP contribution in [-0.4, -0.2) is 4.38 Å². The van der Waals surface area contributed by atoms with Crippen LogP contribution in [0.25, 0.3) is 0 Å². The molecule has 8 heavy (non-hydrogen) atoms. The van der Waals surface area contributed by atoms with Gasteiger partial charge in [0, 0.05) is 4.38 Å². The summed E-state index contributed by atoms with van der Waals surface area (Å²) in [7, 11) is 15.0. The highest BCUT2D eigenvalue weighted by atomic mass is 32.4. The monoisotopic (exact) mass is 240 g/mol. The SMILES string of the molecule is PPC(P)(P)P(P)P. The first-order valence-corrected chi connectivity index (χ1v) is 10.4. The van der Waals surface area contributed by atoms with Crippen LogP contribution in [0, 0.1) is 0 Å². The Bertz CT molecular complexity index is 64.8. The van der Waals surface area contributed by atoms with E-state index in [1.807, 2.05) is 0 Å². The van der Waals surface area contributed by atoms with E-state index in [4.69, 9.17) is 0 Å². The van der Waals surface area contributed by atoms with Crippen LogP contribution in [0.4, 0.5) is 0 Å². The molecule has 0 amide bonds. The highest BCUT2D eigenvalue weighted by Gasteiger charge is 2.19. The summed E-state index contributed by atoms with van der Waals surface area (Å²) in [6, 6.07) is 0. The van der Waals surface area contributed by atoms with Gasteiger partial charge in [0.15, 0.2) is 0 Å². The van der Waals surface area contributed by atoms with Gasteiger partial charge in [-0.05, 0) is 7.30 Å². The molecule has 0 aromatic rings. The quantitative estimate of drug-likeness (QED) is 0.651. The third-order valence-electron chi connectivity index (χ3n) is 0.658. The maximum atomic E-state index is 2.85. The molecule has 0 saturated heterocycles. The minimum absolute atomic E-state index is 0.00694. The summed E-state index contributed by atoms with van der Waals surface area (Å²) in [4.78, 5) is 0. The molecule has 0 spiro atoms. The number of hydrogen-bond donors (Lipinski definition) is 0. The molecule has 7 heteroatoms. The summed E-state index contributed by atoms with van der Waals surface area (Å²) in [6.45, 7) is 0. The Hall–Kier alpha value is 3.01. The van der Waals surface area contributed by atoms with Crippen LogP contribution < -0.4 is 0 Å². The van der Waals surface area contributed by atoms with Gasteiger partial charge in [0.25, 0.3) is 0 Å². The minimum Gasteiger partial charge on any atom is -0.117 e. The molecule has 0 aliphatic rings. The zero-order valence-electron chi connectivity index (χ0n) is 4.33. The van der Waals surface area contributed by atoms with Crippen molar-refractivity contribution in [3.63, 3.8) is 0 Å². The average molecular weight is 240 g/mol. The van der Waals surface area contributed by atoms with Gasteiger partial charge in [-0.25, -0.2) is 0 Å². The Morgan fingerprint density at radius 3 is 1.62 bits per heavy atom. The molecule has 0 aliphatic heterocycles. The van der Waals surface area contributed by atoms with Crippen LogP contribution in [0.2, 0.25) is 0 Å². The van der Waals surface area contributed by atoms with Crippen molar-refractivity contribution >= 4 is 60.8 Å². The molecule has 0 rings (SSSR count). The highest BCUT2D eigenvalue weighted by molar-refractivity contribution is 8.49. The van der Waals surface area contributed by atoms with Gasteiger partial charge in [-0.15, -0.1) is 45.3 Å². The van der Waals surface area contributed by atoms with Crippen LogP contribution in [0.1, 0.15) is 0 Å². The molecule has 0 aromatic heterocycles. The average Bonchev–Trinajstić information content (AvgIpc) is 1.67. The molecule has 0 bridgehead atoms. The predicted molar refractivity (Wildman–Crippen MR) is 66.5 cm³/mol. The largest absolute Gasteiger partial charge is 0.117 e. The first kappa shape index (κ1) is 11.0. The standard InChI is InChI=1S/CH11P7/c2-1(3,7-4)8(5)6/h7H,2-6H2. The summed E-state index contributed by atoms with van der Waals surface area (Å²) in [6.07, 6.45) is 0. The maximum absolute atomic E-state index is 2.85. The van der Waals surface area contributed by atoms with Crippen molar-refractivity contribution in [1.29, 1.82) is 0 Å². The van der Waals surface area contributed by atoms with E-state index in [1.54, 1.807) is 0 Å². The summed E-state index contributed by atoms with van der Waals surface area (Å²) in [5, 5.41) is 0. The van der Waals surface area contributed by atoms with Crippen LogP contribution >= 0.6 is 60.8 Å². The van der Waals surface area contributed by atoms with Gasteiger partial charge in [0.1, 0.15) is 0 Å². The third kappa shape index (κ3) is 4.01. The van der Waals surface area contributed by atoms with E-state index in [0.717, 1.165) is 8.27 Å². The second kappa shape index (κ2) is 4.80. The second-order valence-corrected chi connectivity index (χ2v) is 15.1. The molecule has 6 unspecified atom stereocenters. The molecule has 0 radical (unpaired) electrons. The smallest absolute Gasteiger partial charge is 0.0454 e. The van der Waals surface area contributed by atoms with Crippen molar-refractivity contribution < 1.29 is 0 Å². The van der Waals surface area contributed by atoms with E-state index in [2.05, 4.69) is 45.3 Å². The third-order valence-corrected chi connectivity index (χ3v) is 17.8. The maximum Gasteiger partial charge on any atom is 0.0454 e. The molecule has 50 valence electrons. The lowest BCUT2D eigenvalue weighted by Gasteiger charge is -2.26. The second-order valence-electron chi connectivity index (χ2n) is 1.38. The van der Waals surface area contributed by atoms with Gasteiger partial charge in [0.05, 0.1) is 0 Å². The summed E-state index contributed by atoms with van der Waals surface area (Å²) >= 11 is 0. The van der Waals surface area contributed by atoms with Crippen molar-refractivity contribution in [1.82, 2.24) is 0 Å². The van der Waals surface area contributed by atoms with Gasteiger partial charge in [-0.1, -0.05) is 8.27 Å². The highest BCUT2D eigenvalue weighted by Crippen LogP contribution is 2.76. The van der Waals surface area contributed by atoms with E-state index in [0.29, 0.717) is 4.38 Å². The summed E-state index contributed by atoms with van der Waals surface area (Å²) in [5.41, 5.74) is 0. The molecule has 6 atom stereocenters. The van der Waals surface area contributed by atoms with Gasteiger partial charge in [0.2, 0.25) is 0 Å². The summed E-state index contributed by atoms with van der Waals surface area (Å²) < 4.78 is 0.356. The van der Waals surface area contributed by atoms with Crippen molar-refractivity contribution in [2.75, 3.05) is 0 Å². The van der Waals surface area contributed by atoms with Crippen LogP contribution in [0.15, 0.2) is 0 Å². The fourth-order valence-corrected chi connectivity index (χ4v) is 6.04. The topological polar surface area (TPSA) is 0 Å². The number of rotatable bonds is 2. The Kier molecular flexibility index (Phi) is 6.61. The molecular formula is CH11P7. The minimum atomic E-state index is 0.00694. The molecule has 0 heterocycles. The number of hydrogen-bond acceptors (Lipinski definition) is 0. The Balaban J connectivity index is 3.71. The molecular weight excluding hydrogens is 229 g/mol. The molecule has 0 N–H and O–H groups in total. The zero-order valence-corrected chi connectivity index (χ0v) is 12.0. The lowest BCUT2D eigenvalue weighted by atomic mass is 11.8. The van der Waals surface area contributed by atoms with Crippen molar-refractivity contribution in [2.45, 2.75) is 4.38 Å². The van der Waals surface area contributed by atoms with Gasteiger partial charge in [-0.2, -0.15) is 0 Å².